The second-order valence-corrected chi connectivity index (χ2v) is 5.61. The fourth-order valence-electron chi connectivity index (χ4n) is 1.23. The van der Waals surface area contributed by atoms with E-state index in [1.54, 1.807) is 13.1 Å². The molecule has 1 aromatic heterocycles. The molecule has 0 spiro atoms. The molecule has 17 heavy (non-hydrogen) atoms. The Balaban J connectivity index is 2.86. The molecule has 8 heteroatoms. The second-order valence-electron chi connectivity index (χ2n) is 3.58. The van der Waals surface area contributed by atoms with Crippen molar-refractivity contribution in [3.05, 3.63) is 18.2 Å². The molecule has 1 aromatic rings. The van der Waals surface area contributed by atoms with Crippen LogP contribution < -0.4 is 4.72 Å². The Morgan fingerprint density at radius 1 is 1.65 bits per heavy atom. The number of carbonyl (C=O) groups is 1. The highest BCUT2D eigenvalue weighted by molar-refractivity contribution is 7.90. The summed E-state index contributed by atoms with van der Waals surface area (Å²) in [6, 6.07) is -0.545. The number of hydrogen-bond donors (Lipinski definition) is 3. The molecule has 0 bridgehead atoms. The van der Waals surface area contributed by atoms with E-state index in [-0.39, 0.29) is 0 Å². The van der Waals surface area contributed by atoms with Gasteiger partial charge in [0.15, 0.2) is 5.25 Å². The Hall–Kier alpha value is -1.41. The summed E-state index contributed by atoms with van der Waals surface area (Å²) in [7, 11) is -3.91. The van der Waals surface area contributed by atoms with Gasteiger partial charge in [0.2, 0.25) is 10.0 Å². The average molecular weight is 261 g/mol. The molecule has 0 radical (unpaired) electrons. The minimum atomic E-state index is -3.91. The van der Waals surface area contributed by atoms with Gasteiger partial charge in [-0.1, -0.05) is 6.92 Å². The first-order chi connectivity index (χ1) is 7.88. The van der Waals surface area contributed by atoms with Crippen molar-refractivity contribution in [3.63, 3.8) is 0 Å². The van der Waals surface area contributed by atoms with Gasteiger partial charge < -0.3 is 10.1 Å². The number of nitrogens with one attached hydrogen (secondary N) is 2. The lowest BCUT2D eigenvalue weighted by Gasteiger charge is -2.16. The van der Waals surface area contributed by atoms with Gasteiger partial charge in [0.1, 0.15) is 5.82 Å². The van der Waals surface area contributed by atoms with Crippen LogP contribution in [-0.4, -0.2) is 34.7 Å². The SMILES string of the molecule is CCC(NS(=O)(=O)C(C)C(=O)O)c1ncc[nH]1. The third kappa shape index (κ3) is 3.27. The van der Waals surface area contributed by atoms with Crippen LogP contribution in [0, 0.1) is 0 Å². The standard InChI is InChI=1S/C9H15N3O4S/c1-3-7(8-10-4-5-11-8)12-17(15,16)6(2)9(13)14/h4-7,12H,3H2,1-2H3,(H,10,11)(H,13,14). The highest BCUT2D eigenvalue weighted by Crippen LogP contribution is 2.14. The van der Waals surface area contributed by atoms with Gasteiger partial charge >= 0.3 is 5.97 Å². The van der Waals surface area contributed by atoms with Crippen LogP contribution in [0.25, 0.3) is 0 Å². The quantitative estimate of drug-likeness (QED) is 0.679. The summed E-state index contributed by atoms with van der Waals surface area (Å²) >= 11 is 0. The monoisotopic (exact) mass is 261 g/mol. The third-order valence-corrected chi connectivity index (χ3v) is 4.12. The zero-order valence-corrected chi connectivity index (χ0v) is 10.4. The number of imidazole rings is 1. The summed E-state index contributed by atoms with van der Waals surface area (Å²) in [5.41, 5.74) is 0. The van der Waals surface area contributed by atoms with E-state index < -0.39 is 27.3 Å². The molecule has 3 N–H and O–H groups in total. The Morgan fingerprint density at radius 2 is 2.29 bits per heavy atom. The maximum atomic E-state index is 11.7. The van der Waals surface area contributed by atoms with Gasteiger partial charge in [0.25, 0.3) is 0 Å². The number of aliphatic carboxylic acids is 1. The summed E-state index contributed by atoms with van der Waals surface area (Å²) in [4.78, 5) is 17.4. The van der Waals surface area contributed by atoms with E-state index in [1.807, 2.05) is 0 Å². The smallest absolute Gasteiger partial charge is 0.323 e. The van der Waals surface area contributed by atoms with Crippen LogP contribution in [-0.2, 0) is 14.8 Å². The molecule has 96 valence electrons. The number of rotatable bonds is 6. The molecule has 0 aliphatic carbocycles. The minimum absolute atomic E-state index is 0.466. The van der Waals surface area contributed by atoms with Crippen LogP contribution in [0.1, 0.15) is 32.1 Å². The molecular formula is C9H15N3O4S. The Morgan fingerprint density at radius 3 is 2.71 bits per heavy atom. The van der Waals surface area contributed by atoms with Gasteiger partial charge in [0, 0.05) is 12.4 Å². The average Bonchev–Trinajstić information content (AvgIpc) is 2.78. The highest BCUT2D eigenvalue weighted by atomic mass is 32.2. The number of carboxylic acid groups (broad SMARTS) is 1. The van der Waals surface area contributed by atoms with Crippen molar-refractivity contribution < 1.29 is 18.3 Å². The first-order valence-corrected chi connectivity index (χ1v) is 6.66. The molecule has 2 atom stereocenters. The van der Waals surface area contributed by atoms with E-state index in [0.29, 0.717) is 12.2 Å². The van der Waals surface area contributed by atoms with Gasteiger partial charge in [-0.15, -0.1) is 0 Å². The van der Waals surface area contributed by atoms with Crippen LogP contribution in [0.4, 0.5) is 0 Å². The predicted molar refractivity (Wildman–Crippen MR) is 60.8 cm³/mol. The Bertz CT molecular complexity index is 468. The number of aromatic nitrogens is 2. The zero-order chi connectivity index (χ0) is 13.1. The second kappa shape index (κ2) is 5.28. The van der Waals surface area contributed by atoms with Crippen LogP contribution in [0.3, 0.4) is 0 Å². The van der Waals surface area contributed by atoms with E-state index in [9.17, 15) is 13.2 Å². The van der Waals surface area contributed by atoms with Crippen LogP contribution in [0.5, 0.6) is 0 Å². The van der Waals surface area contributed by atoms with Gasteiger partial charge in [-0.2, -0.15) is 0 Å². The van der Waals surface area contributed by atoms with Crippen molar-refractivity contribution in [2.45, 2.75) is 31.6 Å². The summed E-state index contributed by atoms with van der Waals surface area (Å²) < 4.78 is 25.7. The lowest BCUT2D eigenvalue weighted by Crippen LogP contribution is -2.39. The maximum absolute atomic E-state index is 11.7. The largest absolute Gasteiger partial charge is 0.480 e. The van der Waals surface area contributed by atoms with Crippen molar-refractivity contribution in [3.8, 4) is 0 Å². The lowest BCUT2D eigenvalue weighted by molar-refractivity contribution is -0.136. The molecule has 7 nitrogen and oxygen atoms in total. The molecule has 0 aliphatic rings. The number of hydrogen-bond acceptors (Lipinski definition) is 4. The van der Waals surface area contributed by atoms with Crippen molar-refractivity contribution in [1.29, 1.82) is 0 Å². The van der Waals surface area contributed by atoms with Gasteiger partial charge in [0.05, 0.1) is 6.04 Å². The highest BCUT2D eigenvalue weighted by Gasteiger charge is 2.30. The molecule has 0 amide bonds. The Labute approximate surface area is 99.3 Å². The van der Waals surface area contributed by atoms with Crippen LogP contribution in [0.2, 0.25) is 0 Å². The molecule has 0 aromatic carbocycles. The molecule has 0 saturated carbocycles. The lowest BCUT2D eigenvalue weighted by atomic mass is 10.2. The fraction of sp³-hybridized carbons (Fsp3) is 0.556. The number of H-pyrrole nitrogens is 1. The van der Waals surface area contributed by atoms with E-state index in [2.05, 4.69) is 14.7 Å². The minimum Gasteiger partial charge on any atom is -0.480 e. The van der Waals surface area contributed by atoms with Gasteiger partial charge in [-0.25, -0.2) is 18.1 Å². The first kappa shape index (κ1) is 13.7. The van der Waals surface area contributed by atoms with Crippen LogP contribution >= 0.6 is 0 Å². The van der Waals surface area contributed by atoms with Crippen molar-refractivity contribution in [2.75, 3.05) is 0 Å². The van der Waals surface area contributed by atoms with Gasteiger partial charge in [-0.05, 0) is 13.3 Å². The van der Waals surface area contributed by atoms with Crippen molar-refractivity contribution >= 4 is 16.0 Å². The third-order valence-electron chi connectivity index (χ3n) is 2.38. The summed E-state index contributed by atoms with van der Waals surface area (Å²) in [5.74, 6) is -0.916. The zero-order valence-electron chi connectivity index (χ0n) is 9.54. The molecule has 0 saturated heterocycles. The molecule has 2 unspecified atom stereocenters. The van der Waals surface area contributed by atoms with Crippen molar-refractivity contribution in [1.82, 2.24) is 14.7 Å². The van der Waals surface area contributed by atoms with E-state index >= 15 is 0 Å². The molecule has 1 rings (SSSR count). The van der Waals surface area contributed by atoms with Crippen LogP contribution in [0.15, 0.2) is 12.4 Å². The topological polar surface area (TPSA) is 112 Å². The van der Waals surface area contributed by atoms with E-state index in [4.69, 9.17) is 5.11 Å². The molecule has 1 heterocycles. The fourth-order valence-corrected chi connectivity index (χ4v) is 2.38. The molecular weight excluding hydrogens is 246 g/mol. The molecule has 0 aliphatic heterocycles. The summed E-state index contributed by atoms with van der Waals surface area (Å²) in [6.45, 7) is 2.90. The summed E-state index contributed by atoms with van der Waals surface area (Å²) in [5, 5.41) is 7.20. The predicted octanol–water partition coefficient (Wildman–Crippen LogP) is 0.253. The summed E-state index contributed by atoms with van der Waals surface area (Å²) in [6.07, 6.45) is 3.55. The molecule has 0 fully saturated rings. The Kier molecular flexibility index (Phi) is 4.24. The maximum Gasteiger partial charge on any atom is 0.323 e. The number of carboxylic acids is 1. The first-order valence-electron chi connectivity index (χ1n) is 5.11. The number of aromatic amines is 1. The van der Waals surface area contributed by atoms with Gasteiger partial charge in [-0.3, -0.25) is 4.79 Å². The number of sulfonamides is 1. The number of nitrogens with zero attached hydrogens (tertiary/aromatic N) is 1. The normalized spacial score (nSPS) is 15.4. The van der Waals surface area contributed by atoms with Crippen molar-refractivity contribution in [2.24, 2.45) is 0 Å². The van der Waals surface area contributed by atoms with E-state index in [1.165, 1.54) is 6.20 Å². The van der Waals surface area contributed by atoms with E-state index in [0.717, 1.165) is 6.92 Å².